The van der Waals surface area contributed by atoms with Gasteiger partial charge in [-0.15, -0.1) is 0 Å². The molecule has 1 saturated heterocycles. The Hall–Kier alpha value is -3.79. The van der Waals surface area contributed by atoms with Gasteiger partial charge in [-0.25, -0.2) is 14.3 Å². The van der Waals surface area contributed by atoms with E-state index in [2.05, 4.69) is 20.3 Å². The smallest absolute Gasteiger partial charge is 0.335 e. The summed E-state index contributed by atoms with van der Waals surface area (Å²) in [6.07, 6.45) is 2.91. The number of amides is 2. The minimum Gasteiger partial charge on any atom is -0.478 e. The molecule has 176 valence electrons. The van der Waals surface area contributed by atoms with Gasteiger partial charge in [0, 0.05) is 38.3 Å². The first-order chi connectivity index (χ1) is 16.3. The zero-order valence-electron chi connectivity index (χ0n) is 19.1. The Bertz CT molecular complexity index is 1310. The molecule has 1 fully saturated rings. The van der Waals surface area contributed by atoms with Crippen LogP contribution in [0, 0.1) is 6.92 Å². The summed E-state index contributed by atoms with van der Waals surface area (Å²) >= 11 is 0. The van der Waals surface area contributed by atoms with Gasteiger partial charge in [0.2, 0.25) is 0 Å². The molecule has 1 aliphatic carbocycles. The molecular weight excluding hydrogens is 436 g/mol. The molecule has 1 aliphatic heterocycles. The fraction of sp³-hybridized carbons (Fsp3) is 0.375. The SMILES string of the molecule is Cc1c(C(=O)O)ccc2c1CC[C@@H]2NC(=O)c1cc(C(=O)N2CCN(C)CC2)nc2ccnn12. The number of fused-ring (bicyclic) bond motifs is 2. The van der Waals surface area contributed by atoms with E-state index in [-0.39, 0.29) is 34.8 Å². The molecule has 1 aromatic carbocycles. The number of likely N-dealkylation sites (N-methyl/N-ethyl adjacent to an activating group) is 1. The van der Waals surface area contributed by atoms with E-state index in [0.29, 0.717) is 31.6 Å². The van der Waals surface area contributed by atoms with Crippen LogP contribution in [-0.2, 0) is 6.42 Å². The van der Waals surface area contributed by atoms with Gasteiger partial charge >= 0.3 is 5.97 Å². The average Bonchev–Trinajstić information content (AvgIpc) is 3.46. The van der Waals surface area contributed by atoms with Gasteiger partial charge in [-0.2, -0.15) is 5.10 Å². The molecule has 1 atom stereocenters. The minimum absolute atomic E-state index is 0.200. The van der Waals surface area contributed by atoms with Gasteiger partial charge in [-0.3, -0.25) is 9.59 Å². The lowest BCUT2D eigenvalue weighted by molar-refractivity contribution is 0.0656. The van der Waals surface area contributed by atoms with E-state index in [1.807, 2.05) is 7.05 Å². The number of hydrogen-bond acceptors (Lipinski definition) is 6. The van der Waals surface area contributed by atoms with Crippen LogP contribution < -0.4 is 5.32 Å². The number of carbonyl (C=O) groups is 3. The van der Waals surface area contributed by atoms with Gasteiger partial charge in [0.1, 0.15) is 11.4 Å². The fourth-order valence-electron chi connectivity index (χ4n) is 4.85. The van der Waals surface area contributed by atoms with Crippen molar-refractivity contribution in [3.05, 3.63) is 64.1 Å². The highest BCUT2D eigenvalue weighted by Crippen LogP contribution is 2.35. The second kappa shape index (κ2) is 8.53. The molecule has 10 heteroatoms. The first kappa shape index (κ1) is 22.0. The van der Waals surface area contributed by atoms with Crippen LogP contribution in [0.3, 0.4) is 0 Å². The van der Waals surface area contributed by atoms with Crippen molar-refractivity contribution in [2.45, 2.75) is 25.8 Å². The normalized spacial score (nSPS) is 18.2. The second-order valence-corrected chi connectivity index (χ2v) is 8.90. The predicted molar refractivity (Wildman–Crippen MR) is 123 cm³/mol. The number of piperazine rings is 1. The highest BCUT2D eigenvalue weighted by molar-refractivity contribution is 5.98. The maximum atomic E-state index is 13.4. The zero-order chi connectivity index (χ0) is 24.0. The van der Waals surface area contributed by atoms with E-state index < -0.39 is 5.97 Å². The largest absolute Gasteiger partial charge is 0.478 e. The molecule has 3 aromatic rings. The summed E-state index contributed by atoms with van der Waals surface area (Å²) in [7, 11) is 2.02. The number of carboxylic acids is 1. The molecule has 2 N–H and O–H groups in total. The molecule has 0 radical (unpaired) electrons. The molecule has 0 bridgehead atoms. The third-order valence-electron chi connectivity index (χ3n) is 6.83. The van der Waals surface area contributed by atoms with Gasteiger partial charge in [0.25, 0.3) is 11.8 Å². The monoisotopic (exact) mass is 462 g/mol. The topological polar surface area (TPSA) is 120 Å². The van der Waals surface area contributed by atoms with Crippen molar-refractivity contribution < 1.29 is 19.5 Å². The van der Waals surface area contributed by atoms with Crippen LogP contribution in [0.25, 0.3) is 5.65 Å². The quantitative estimate of drug-likeness (QED) is 0.603. The number of rotatable bonds is 4. The molecule has 2 aromatic heterocycles. The summed E-state index contributed by atoms with van der Waals surface area (Å²) in [5.41, 5.74) is 3.80. The maximum Gasteiger partial charge on any atom is 0.335 e. The van der Waals surface area contributed by atoms with E-state index in [4.69, 9.17) is 0 Å². The van der Waals surface area contributed by atoms with E-state index in [9.17, 15) is 19.5 Å². The van der Waals surface area contributed by atoms with Crippen LogP contribution in [0.2, 0.25) is 0 Å². The van der Waals surface area contributed by atoms with E-state index in [1.54, 1.807) is 36.2 Å². The van der Waals surface area contributed by atoms with Crippen molar-refractivity contribution in [2.24, 2.45) is 0 Å². The summed E-state index contributed by atoms with van der Waals surface area (Å²) in [6.45, 7) is 4.61. The van der Waals surface area contributed by atoms with Crippen molar-refractivity contribution in [3.63, 3.8) is 0 Å². The predicted octanol–water partition coefficient (Wildman–Crippen LogP) is 1.54. The lowest BCUT2D eigenvalue weighted by atomic mass is 9.98. The summed E-state index contributed by atoms with van der Waals surface area (Å²) in [5, 5.41) is 16.7. The van der Waals surface area contributed by atoms with Crippen molar-refractivity contribution in [1.82, 2.24) is 29.7 Å². The Labute approximate surface area is 196 Å². The number of hydrogen-bond donors (Lipinski definition) is 2. The molecule has 5 rings (SSSR count). The first-order valence-corrected chi connectivity index (χ1v) is 11.3. The number of nitrogens with zero attached hydrogens (tertiary/aromatic N) is 5. The first-order valence-electron chi connectivity index (χ1n) is 11.3. The van der Waals surface area contributed by atoms with Gasteiger partial charge in [0.15, 0.2) is 5.65 Å². The molecule has 0 unspecified atom stereocenters. The van der Waals surface area contributed by atoms with Gasteiger partial charge in [0.05, 0.1) is 17.8 Å². The molecule has 10 nitrogen and oxygen atoms in total. The van der Waals surface area contributed by atoms with E-state index >= 15 is 0 Å². The lowest BCUT2D eigenvalue weighted by Crippen LogP contribution is -2.47. The number of carboxylic acid groups (broad SMARTS) is 1. The molecule has 2 aliphatic rings. The van der Waals surface area contributed by atoms with E-state index in [1.165, 1.54) is 10.6 Å². The van der Waals surface area contributed by atoms with Crippen LogP contribution >= 0.6 is 0 Å². The van der Waals surface area contributed by atoms with Crippen LogP contribution in [0.4, 0.5) is 0 Å². The maximum absolute atomic E-state index is 13.4. The molecule has 0 spiro atoms. The van der Waals surface area contributed by atoms with Crippen LogP contribution in [0.15, 0.2) is 30.5 Å². The Morgan fingerprint density at radius 1 is 1.12 bits per heavy atom. The van der Waals surface area contributed by atoms with Gasteiger partial charge < -0.3 is 20.2 Å². The summed E-state index contributed by atoms with van der Waals surface area (Å²) in [5.74, 6) is -1.52. The third kappa shape index (κ3) is 3.79. The number of aromatic nitrogens is 3. The van der Waals surface area contributed by atoms with Crippen molar-refractivity contribution in [2.75, 3.05) is 33.2 Å². The second-order valence-electron chi connectivity index (χ2n) is 8.90. The Balaban J connectivity index is 1.42. The highest BCUT2D eigenvalue weighted by atomic mass is 16.4. The summed E-state index contributed by atoms with van der Waals surface area (Å²) in [6, 6.07) is 6.29. The molecule has 34 heavy (non-hydrogen) atoms. The standard InChI is InChI=1S/C24H26N6O4/c1-14-15-5-6-18(17(15)4-3-16(14)24(33)34)27-22(31)20-13-19(26-21-7-8-25-30(20)21)23(32)29-11-9-28(2)10-12-29/h3-4,7-8,13,18H,5-6,9-12H2,1-2H3,(H,27,31)(H,33,34)/t18-/m0/s1. The van der Waals surface area contributed by atoms with Crippen LogP contribution in [0.5, 0.6) is 0 Å². The number of aromatic carboxylic acids is 1. The van der Waals surface area contributed by atoms with Crippen LogP contribution in [0.1, 0.15) is 60.5 Å². The fourth-order valence-corrected chi connectivity index (χ4v) is 4.85. The Morgan fingerprint density at radius 3 is 2.62 bits per heavy atom. The summed E-state index contributed by atoms with van der Waals surface area (Å²) in [4.78, 5) is 46.3. The average molecular weight is 463 g/mol. The highest BCUT2D eigenvalue weighted by Gasteiger charge is 2.29. The minimum atomic E-state index is -0.955. The van der Waals surface area contributed by atoms with Gasteiger partial charge in [-0.05, 0) is 49.6 Å². The number of carbonyl (C=O) groups excluding carboxylic acids is 2. The number of nitrogens with one attached hydrogen (secondary N) is 1. The lowest BCUT2D eigenvalue weighted by Gasteiger charge is -2.32. The molecule has 2 amide bonds. The Morgan fingerprint density at radius 2 is 1.88 bits per heavy atom. The molecule has 0 saturated carbocycles. The summed E-state index contributed by atoms with van der Waals surface area (Å²) < 4.78 is 1.44. The third-order valence-corrected chi connectivity index (χ3v) is 6.83. The Kier molecular flexibility index (Phi) is 5.52. The van der Waals surface area contributed by atoms with Crippen LogP contribution in [-0.4, -0.2) is 80.5 Å². The van der Waals surface area contributed by atoms with Crippen molar-refractivity contribution >= 4 is 23.4 Å². The van der Waals surface area contributed by atoms with E-state index in [0.717, 1.165) is 29.8 Å². The van der Waals surface area contributed by atoms with Crippen molar-refractivity contribution in [1.29, 1.82) is 0 Å². The molecular formula is C24H26N6O4. The van der Waals surface area contributed by atoms with Crippen molar-refractivity contribution in [3.8, 4) is 0 Å². The zero-order valence-corrected chi connectivity index (χ0v) is 19.1. The number of benzene rings is 1. The van der Waals surface area contributed by atoms with Gasteiger partial charge in [-0.1, -0.05) is 6.07 Å². The molecule has 3 heterocycles.